The van der Waals surface area contributed by atoms with E-state index in [-0.39, 0.29) is 23.8 Å². The third-order valence-electron chi connectivity index (χ3n) is 3.84. The molecule has 0 aromatic carbocycles. The molecule has 0 bridgehead atoms. The molecule has 1 aliphatic heterocycles. The Kier molecular flexibility index (Phi) is 5.67. The van der Waals surface area contributed by atoms with Crippen molar-refractivity contribution in [3.63, 3.8) is 0 Å². The van der Waals surface area contributed by atoms with E-state index < -0.39 is 15.9 Å². The summed E-state index contributed by atoms with van der Waals surface area (Å²) in [6, 6.07) is 6.46. The van der Waals surface area contributed by atoms with E-state index in [1.54, 1.807) is 18.2 Å². The summed E-state index contributed by atoms with van der Waals surface area (Å²) in [7, 11) is -3.74. The number of aliphatic hydroxyl groups is 1. The number of amidine groups is 1. The van der Waals surface area contributed by atoms with Crippen molar-refractivity contribution in [3.8, 4) is 0 Å². The quantitative estimate of drug-likeness (QED) is 0.675. The van der Waals surface area contributed by atoms with E-state index in [2.05, 4.69) is 20.6 Å². The largest absolute Gasteiger partial charge is 0.394 e. The van der Waals surface area contributed by atoms with Gasteiger partial charge in [0.1, 0.15) is 11.5 Å². The van der Waals surface area contributed by atoms with Gasteiger partial charge in [-0.3, -0.25) is 14.8 Å². The number of hydrogen-bond donors (Lipinski definition) is 3. The highest BCUT2D eigenvalue weighted by Crippen LogP contribution is 2.21. The lowest BCUT2D eigenvalue weighted by atomic mass is 10.2. The number of aliphatic hydroxyl groups excluding tert-OH is 1. The number of pyridine rings is 1. The van der Waals surface area contributed by atoms with Gasteiger partial charge in [-0.05, 0) is 24.6 Å². The maximum Gasteiger partial charge on any atom is 0.274 e. The van der Waals surface area contributed by atoms with E-state index in [9.17, 15) is 13.2 Å². The van der Waals surface area contributed by atoms with Crippen LogP contribution in [0.2, 0.25) is 0 Å². The monoisotopic (exact) mass is 389 g/mol. The zero-order chi connectivity index (χ0) is 19.3. The number of nitrogens with zero attached hydrogens (tertiary/aromatic N) is 3. The number of aromatic nitrogens is 2. The van der Waals surface area contributed by atoms with Gasteiger partial charge in [0.15, 0.2) is 0 Å². The molecule has 0 unspecified atom stereocenters. The number of rotatable bonds is 6. The first kappa shape index (κ1) is 18.8. The highest BCUT2D eigenvalue weighted by atomic mass is 32.2. The van der Waals surface area contributed by atoms with Crippen molar-refractivity contribution in [3.05, 3.63) is 59.7 Å². The number of hydrogen-bond acceptors (Lipinski definition) is 6. The first-order valence-electron chi connectivity index (χ1n) is 8.26. The molecule has 3 N–H and O–H groups in total. The Hall–Kier alpha value is -2.98. The minimum absolute atomic E-state index is 0.0591. The van der Waals surface area contributed by atoms with Gasteiger partial charge in [-0.15, -0.1) is 0 Å². The molecule has 0 saturated carbocycles. The van der Waals surface area contributed by atoms with Gasteiger partial charge in [0.2, 0.25) is 0 Å². The first-order valence-corrected chi connectivity index (χ1v) is 9.70. The van der Waals surface area contributed by atoms with Crippen molar-refractivity contribution >= 4 is 27.5 Å². The van der Waals surface area contributed by atoms with Crippen LogP contribution in [-0.2, 0) is 10.0 Å². The number of aliphatic imine (C=N–C) groups is 1. The summed E-state index contributed by atoms with van der Waals surface area (Å²) >= 11 is 0. The second kappa shape index (κ2) is 8.14. The van der Waals surface area contributed by atoms with Crippen LogP contribution in [-0.4, -0.2) is 47.4 Å². The van der Waals surface area contributed by atoms with Crippen LogP contribution < -0.4 is 10.6 Å². The van der Waals surface area contributed by atoms with Crippen LogP contribution in [0.5, 0.6) is 0 Å². The van der Waals surface area contributed by atoms with Crippen molar-refractivity contribution < 1.29 is 18.3 Å². The third-order valence-corrected chi connectivity index (χ3v) is 5.61. The lowest BCUT2D eigenvalue weighted by Gasteiger charge is -2.17. The molecule has 3 heterocycles. The average Bonchev–Trinajstić information content (AvgIpc) is 3.16. The summed E-state index contributed by atoms with van der Waals surface area (Å²) in [4.78, 5) is 20.4. The van der Waals surface area contributed by atoms with Crippen molar-refractivity contribution in [2.75, 3.05) is 18.5 Å². The topological polar surface area (TPSA) is 126 Å². The number of nitrogens with one attached hydrogen (secondary N) is 2. The van der Waals surface area contributed by atoms with Gasteiger partial charge < -0.3 is 15.7 Å². The second-order valence-corrected chi connectivity index (χ2v) is 7.61. The molecule has 2 aromatic rings. The minimum Gasteiger partial charge on any atom is -0.394 e. The molecule has 10 heteroatoms. The Morgan fingerprint density at radius 2 is 2.19 bits per heavy atom. The fourth-order valence-electron chi connectivity index (χ4n) is 2.49. The number of anilines is 1. The van der Waals surface area contributed by atoms with Crippen molar-refractivity contribution in [1.29, 1.82) is 0 Å². The van der Waals surface area contributed by atoms with Crippen molar-refractivity contribution in [1.82, 2.24) is 14.3 Å². The molecular formula is C17H19N5O4S. The zero-order valence-electron chi connectivity index (χ0n) is 14.4. The Labute approximate surface area is 156 Å². The standard InChI is InChI=1S/C17H19N5O4S/c23-10-8-19-16-5-4-14(11-20-16)27(25,26)22-9-6-13(12-22)21-17(24)15-3-1-2-7-18-15/h1-3,6-7,9,11-12,23H,4-5,8,10H2,(H,19,20)(H,21,24). The molecule has 3 rings (SSSR count). The number of carbonyl (C=O) groups excluding carboxylic acids is 1. The molecule has 0 spiro atoms. The molecule has 0 aliphatic carbocycles. The van der Waals surface area contributed by atoms with Crippen molar-refractivity contribution in [2.45, 2.75) is 12.8 Å². The number of allylic oxidation sites excluding steroid dienone is 1. The third kappa shape index (κ3) is 4.41. The van der Waals surface area contributed by atoms with Gasteiger partial charge in [0.05, 0.1) is 23.7 Å². The van der Waals surface area contributed by atoms with Crippen LogP contribution in [0.3, 0.4) is 0 Å². The smallest absolute Gasteiger partial charge is 0.274 e. The minimum atomic E-state index is -3.74. The van der Waals surface area contributed by atoms with E-state index in [1.807, 2.05) is 0 Å². The molecule has 0 radical (unpaired) electrons. The summed E-state index contributed by atoms with van der Waals surface area (Å²) in [5, 5.41) is 14.2. The summed E-state index contributed by atoms with van der Waals surface area (Å²) in [5.41, 5.74) is 0.589. The van der Waals surface area contributed by atoms with Gasteiger partial charge in [0, 0.05) is 31.2 Å². The average molecular weight is 389 g/mol. The molecule has 0 saturated heterocycles. The Morgan fingerprint density at radius 3 is 2.85 bits per heavy atom. The molecular weight excluding hydrogens is 370 g/mol. The molecule has 0 fully saturated rings. The fraction of sp³-hybridized carbons (Fsp3) is 0.235. The highest BCUT2D eigenvalue weighted by molar-refractivity contribution is 7.93. The van der Waals surface area contributed by atoms with Crippen LogP contribution in [0, 0.1) is 0 Å². The van der Waals surface area contributed by atoms with E-state index >= 15 is 0 Å². The fourth-order valence-corrected chi connectivity index (χ4v) is 3.80. The highest BCUT2D eigenvalue weighted by Gasteiger charge is 2.23. The normalized spacial score (nSPS) is 15.9. The van der Waals surface area contributed by atoms with E-state index in [4.69, 9.17) is 5.11 Å². The molecule has 1 amide bonds. The maximum atomic E-state index is 12.7. The van der Waals surface area contributed by atoms with Crippen LogP contribution >= 0.6 is 0 Å². The molecule has 9 nitrogen and oxygen atoms in total. The molecule has 142 valence electrons. The molecule has 2 aromatic heterocycles. The summed E-state index contributed by atoms with van der Waals surface area (Å²) in [6.07, 6.45) is 6.36. The van der Waals surface area contributed by atoms with Crippen LogP contribution in [0.4, 0.5) is 5.69 Å². The lowest BCUT2D eigenvalue weighted by Crippen LogP contribution is -2.27. The molecule has 1 aliphatic rings. The van der Waals surface area contributed by atoms with Gasteiger partial charge in [0.25, 0.3) is 15.9 Å². The number of carbonyl (C=O) groups is 1. The lowest BCUT2D eigenvalue weighted by molar-refractivity contribution is 0.102. The SMILES string of the molecule is O=C(Nc1ccn(S(=O)(=O)C2=CNC(=NCCO)CC2)c1)c1ccccn1. The zero-order valence-corrected chi connectivity index (χ0v) is 15.2. The summed E-state index contributed by atoms with van der Waals surface area (Å²) in [6.45, 7) is 0.214. The van der Waals surface area contributed by atoms with Gasteiger partial charge in [-0.2, -0.15) is 0 Å². The van der Waals surface area contributed by atoms with Crippen LogP contribution in [0.15, 0.2) is 59.0 Å². The number of amides is 1. The van der Waals surface area contributed by atoms with E-state index in [1.165, 1.54) is 30.9 Å². The second-order valence-electron chi connectivity index (χ2n) is 5.71. The van der Waals surface area contributed by atoms with Crippen LogP contribution in [0.1, 0.15) is 23.3 Å². The predicted octanol–water partition coefficient (Wildman–Crippen LogP) is 0.929. The summed E-state index contributed by atoms with van der Waals surface area (Å²) in [5.74, 6) is 0.216. The van der Waals surface area contributed by atoms with E-state index in [0.29, 0.717) is 24.4 Å². The Balaban J connectivity index is 1.72. The predicted molar refractivity (Wildman–Crippen MR) is 101 cm³/mol. The first-order chi connectivity index (χ1) is 13.0. The van der Waals surface area contributed by atoms with E-state index in [0.717, 1.165) is 3.97 Å². The van der Waals surface area contributed by atoms with Gasteiger partial charge >= 0.3 is 0 Å². The maximum absolute atomic E-state index is 12.7. The Bertz CT molecular complexity index is 980. The molecule has 27 heavy (non-hydrogen) atoms. The van der Waals surface area contributed by atoms with Crippen molar-refractivity contribution in [2.24, 2.45) is 4.99 Å². The van der Waals surface area contributed by atoms with Gasteiger partial charge in [-0.1, -0.05) is 6.07 Å². The summed E-state index contributed by atoms with van der Waals surface area (Å²) < 4.78 is 26.5. The van der Waals surface area contributed by atoms with Gasteiger partial charge in [-0.25, -0.2) is 12.4 Å². The van der Waals surface area contributed by atoms with Crippen LogP contribution in [0.25, 0.3) is 0 Å². The Morgan fingerprint density at radius 1 is 1.33 bits per heavy atom. The molecule has 0 atom stereocenters.